The Morgan fingerprint density at radius 3 is 2.95 bits per heavy atom. The van der Waals surface area contributed by atoms with Crippen LogP contribution in [0.2, 0.25) is 0 Å². The maximum absolute atomic E-state index is 12.0. The van der Waals surface area contributed by atoms with Crippen LogP contribution in [0.5, 0.6) is 0 Å². The minimum absolute atomic E-state index is 0.239. The Hall–Kier alpha value is -2.91. The number of aliphatic hydroxyl groups is 1. The van der Waals surface area contributed by atoms with Crippen LogP contribution in [0, 0.1) is 11.8 Å². The number of pyridine rings is 2. The number of rotatable bonds is 2. The smallest absolute Gasteiger partial charge is 0.257 e. The molecular formula is C15H13N3O3. The van der Waals surface area contributed by atoms with Gasteiger partial charge in [-0.05, 0) is 18.2 Å². The summed E-state index contributed by atoms with van der Waals surface area (Å²) in [7, 11) is 1.61. The van der Waals surface area contributed by atoms with Crippen LogP contribution in [0.1, 0.15) is 15.9 Å². The van der Waals surface area contributed by atoms with Crippen LogP contribution >= 0.6 is 0 Å². The second-order valence-electron chi connectivity index (χ2n) is 4.21. The summed E-state index contributed by atoms with van der Waals surface area (Å²) < 4.78 is 1.38. The summed E-state index contributed by atoms with van der Waals surface area (Å²) in [6.07, 6.45) is 3.02. The molecule has 2 rings (SSSR count). The van der Waals surface area contributed by atoms with Gasteiger partial charge in [-0.2, -0.15) is 0 Å². The number of amides is 1. The van der Waals surface area contributed by atoms with Gasteiger partial charge in [0, 0.05) is 36.6 Å². The van der Waals surface area contributed by atoms with Crippen molar-refractivity contribution in [1.29, 1.82) is 0 Å². The molecule has 106 valence electrons. The molecule has 0 bridgehead atoms. The molecule has 2 aromatic rings. The molecule has 0 aliphatic carbocycles. The second-order valence-corrected chi connectivity index (χ2v) is 4.21. The lowest BCUT2D eigenvalue weighted by Gasteiger charge is -2.05. The number of aryl methyl sites for hydroxylation is 1. The molecule has 0 spiro atoms. The second kappa shape index (κ2) is 6.50. The van der Waals surface area contributed by atoms with Crippen molar-refractivity contribution < 1.29 is 9.90 Å². The lowest BCUT2D eigenvalue weighted by Crippen LogP contribution is -2.20. The maximum atomic E-state index is 12.0. The van der Waals surface area contributed by atoms with E-state index >= 15 is 0 Å². The monoisotopic (exact) mass is 283 g/mol. The van der Waals surface area contributed by atoms with E-state index in [1.807, 2.05) is 0 Å². The van der Waals surface area contributed by atoms with E-state index < -0.39 is 5.91 Å². The van der Waals surface area contributed by atoms with Gasteiger partial charge in [-0.1, -0.05) is 11.8 Å². The van der Waals surface area contributed by atoms with E-state index in [9.17, 15) is 9.59 Å². The summed E-state index contributed by atoms with van der Waals surface area (Å²) in [6.45, 7) is -0.239. The Balaban J connectivity index is 2.19. The number of anilines is 1. The van der Waals surface area contributed by atoms with Crippen LogP contribution in [0.25, 0.3) is 0 Å². The third kappa shape index (κ3) is 3.78. The van der Waals surface area contributed by atoms with Crippen molar-refractivity contribution in [1.82, 2.24) is 9.55 Å². The number of hydrogen-bond acceptors (Lipinski definition) is 4. The van der Waals surface area contributed by atoms with Crippen LogP contribution in [0.4, 0.5) is 5.82 Å². The van der Waals surface area contributed by atoms with Crippen molar-refractivity contribution in [2.24, 2.45) is 7.05 Å². The predicted octanol–water partition coefficient (Wildman–Crippen LogP) is 0.376. The summed E-state index contributed by atoms with van der Waals surface area (Å²) in [5, 5.41) is 11.2. The average molecular weight is 283 g/mol. The first-order valence-corrected chi connectivity index (χ1v) is 6.14. The number of carbonyl (C=O) groups is 1. The molecule has 0 radical (unpaired) electrons. The lowest BCUT2D eigenvalue weighted by atomic mass is 10.2. The fraction of sp³-hybridized carbons (Fsp3) is 0.133. The van der Waals surface area contributed by atoms with Gasteiger partial charge in [0.05, 0.1) is 0 Å². The molecule has 1 amide bonds. The molecule has 0 unspecified atom stereocenters. The molecule has 0 aliphatic rings. The zero-order valence-electron chi connectivity index (χ0n) is 11.3. The van der Waals surface area contributed by atoms with Gasteiger partial charge in [0.1, 0.15) is 12.4 Å². The molecular weight excluding hydrogens is 270 g/mol. The molecule has 2 N–H and O–H groups in total. The van der Waals surface area contributed by atoms with Crippen LogP contribution in [-0.4, -0.2) is 27.2 Å². The highest BCUT2D eigenvalue weighted by Crippen LogP contribution is 2.07. The van der Waals surface area contributed by atoms with Gasteiger partial charge in [-0.25, -0.2) is 4.98 Å². The van der Waals surface area contributed by atoms with E-state index in [1.54, 1.807) is 25.2 Å². The third-order valence-corrected chi connectivity index (χ3v) is 2.68. The van der Waals surface area contributed by atoms with E-state index in [2.05, 4.69) is 22.1 Å². The molecule has 0 atom stereocenters. The molecule has 0 aromatic carbocycles. The van der Waals surface area contributed by atoms with Crippen LogP contribution in [-0.2, 0) is 7.05 Å². The highest BCUT2D eigenvalue weighted by atomic mass is 16.2. The summed E-state index contributed by atoms with van der Waals surface area (Å²) >= 11 is 0. The van der Waals surface area contributed by atoms with E-state index in [1.165, 1.54) is 23.0 Å². The Morgan fingerprint density at radius 1 is 1.43 bits per heavy atom. The average Bonchev–Trinajstić information content (AvgIpc) is 2.48. The Morgan fingerprint density at radius 2 is 2.24 bits per heavy atom. The number of nitrogens with zero attached hydrogens (tertiary/aromatic N) is 2. The Bertz CT molecular complexity index is 784. The maximum Gasteiger partial charge on any atom is 0.257 e. The van der Waals surface area contributed by atoms with Crippen LogP contribution in [0.15, 0.2) is 41.5 Å². The van der Waals surface area contributed by atoms with Gasteiger partial charge in [0.2, 0.25) is 0 Å². The molecule has 2 aromatic heterocycles. The standard InChI is InChI=1S/C15H13N3O3/c1-18-7-5-12(10-14(18)20)15(21)17-13-9-11(3-2-8-19)4-6-16-13/h4-7,9-10,19H,8H2,1H3,(H,16,17,21). The van der Waals surface area contributed by atoms with Crippen molar-refractivity contribution in [2.75, 3.05) is 11.9 Å². The van der Waals surface area contributed by atoms with E-state index in [0.717, 1.165) is 0 Å². The molecule has 0 aliphatic heterocycles. The molecule has 0 saturated carbocycles. The summed E-state index contributed by atoms with van der Waals surface area (Å²) in [4.78, 5) is 27.5. The van der Waals surface area contributed by atoms with Crippen molar-refractivity contribution in [3.8, 4) is 11.8 Å². The van der Waals surface area contributed by atoms with Crippen LogP contribution in [0.3, 0.4) is 0 Å². The van der Waals surface area contributed by atoms with Crippen molar-refractivity contribution in [2.45, 2.75) is 0 Å². The molecule has 0 saturated heterocycles. The number of aromatic nitrogens is 2. The quantitative estimate of drug-likeness (QED) is 0.780. The van der Waals surface area contributed by atoms with E-state index in [0.29, 0.717) is 11.4 Å². The third-order valence-electron chi connectivity index (χ3n) is 2.68. The summed E-state index contributed by atoms with van der Waals surface area (Å²) in [5.41, 5.74) is 0.614. The normalized spacial score (nSPS) is 9.62. The Kier molecular flexibility index (Phi) is 4.49. The molecule has 21 heavy (non-hydrogen) atoms. The van der Waals surface area contributed by atoms with Crippen molar-refractivity contribution in [3.05, 3.63) is 58.1 Å². The van der Waals surface area contributed by atoms with Gasteiger partial charge < -0.3 is 15.0 Å². The van der Waals surface area contributed by atoms with Gasteiger partial charge in [0.15, 0.2) is 0 Å². The van der Waals surface area contributed by atoms with Gasteiger partial charge in [-0.15, -0.1) is 0 Å². The number of nitrogens with one attached hydrogen (secondary N) is 1. The summed E-state index contributed by atoms with van der Waals surface area (Å²) in [6, 6.07) is 6.05. The largest absolute Gasteiger partial charge is 0.384 e. The number of carbonyl (C=O) groups excluding carboxylic acids is 1. The van der Waals surface area contributed by atoms with E-state index in [-0.39, 0.29) is 17.7 Å². The molecule has 6 nitrogen and oxygen atoms in total. The fourth-order valence-corrected chi connectivity index (χ4v) is 1.60. The number of hydrogen-bond donors (Lipinski definition) is 2. The van der Waals surface area contributed by atoms with Gasteiger partial charge >= 0.3 is 0 Å². The van der Waals surface area contributed by atoms with E-state index in [4.69, 9.17) is 5.11 Å². The lowest BCUT2D eigenvalue weighted by molar-refractivity contribution is 0.102. The van der Waals surface area contributed by atoms with Gasteiger partial charge in [-0.3, -0.25) is 9.59 Å². The first kappa shape index (κ1) is 14.5. The zero-order chi connectivity index (χ0) is 15.2. The topological polar surface area (TPSA) is 84.2 Å². The predicted molar refractivity (Wildman–Crippen MR) is 77.8 cm³/mol. The SMILES string of the molecule is Cn1ccc(C(=O)Nc2cc(C#CCO)ccn2)cc1=O. The molecule has 0 fully saturated rings. The zero-order valence-corrected chi connectivity index (χ0v) is 11.3. The highest BCUT2D eigenvalue weighted by molar-refractivity contribution is 6.03. The fourth-order valence-electron chi connectivity index (χ4n) is 1.60. The first-order valence-electron chi connectivity index (χ1n) is 6.14. The molecule has 2 heterocycles. The highest BCUT2D eigenvalue weighted by Gasteiger charge is 2.08. The minimum atomic E-state index is -0.424. The van der Waals surface area contributed by atoms with Crippen LogP contribution < -0.4 is 10.9 Å². The molecule has 6 heteroatoms. The van der Waals surface area contributed by atoms with Crippen molar-refractivity contribution in [3.63, 3.8) is 0 Å². The first-order chi connectivity index (χ1) is 10.1. The Labute approximate surface area is 121 Å². The summed E-state index contributed by atoms with van der Waals surface area (Å²) in [5.74, 6) is 5.13. The minimum Gasteiger partial charge on any atom is -0.384 e. The van der Waals surface area contributed by atoms with Crippen molar-refractivity contribution >= 4 is 11.7 Å². The van der Waals surface area contributed by atoms with Gasteiger partial charge in [0.25, 0.3) is 11.5 Å². The number of aliphatic hydroxyl groups excluding tert-OH is 1.